The topological polar surface area (TPSA) is 113 Å². The van der Waals surface area contributed by atoms with Crippen molar-refractivity contribution in [3.05, 3.63) is 33.8 Å². The summed E-state index contributed by atoms with van der Waals surface area (Å²) >= 11 is 1.28. The molecule has 0 fully saturated rings. The van der Waals surface area contributed by atoms with Crippen LogP contribution in [0, 0.1) is 0 Å². The Morgan fingerprint density at radius 2 is 1.84 bits per heavy atom. The van der Waals surface area contributed by atoms with Gasteiger partial charge in [-0.1, -0.05) is 0 Å². The van der Waals surface area contributed by atoms with E-state index in [1.165, 1.54) is 44.8 Å². The Labute approximate surface area is 154 Å². The lowest BCUT2D eigenvalue weighted by Crippen LogP contribution is -2.16. The first-order chi connectivity index (χ1) is 11.5. The smallest absolute Gasteiger partial charge is 0.340 e. The number of ether oxygens (including phenoxy) is 3. The van der Waals surface area contributed by atoms with Crippen LogP contribution in [0.3, 0.4) is 0 Å². The molecule has 1 aromatic carbocycles. The molecule has 0 saturated carbocycles. The Morgan fingerprint density at radius 1 is 1.20 bits per heavy atom. The number of nitrogens with two attached hydrogens (primary N) is 1. The minimum atomic E-state index is -0.618. The third kappa shape index (κ3) is 4.59. The monoisotopic (exact) mass is 387 g/mol. The Bertz CT molecular complexity index is 766. The van der Waals surface area contributed by atoms with Crippen LogP contribution in [0.2, 0.25) is 0 Å². The zero-order valence-corrected chi connectivity index (χ0v) is 15.5. The van der Waals surface area contributed by atoms with Crippen molar-refractivity contribution >= 4 is 41.3 Å². The van der Waals surface area contributed by atoms with E-state index in [1.54, 1.807) is 5.38 Å². The zero-order valence-electron chi connectivity index (χ0n) is 13.8. The van der Waals surface area contributed by atoms with Crippen molar-refractivity contribution in [2.24, 2.45) is 5.73 Å². The lowest BCUT2D eigenvalue weighted by molar-refractivity contribution is 0.0601. The first-order valence-corrected chi connectivity index (χ1v) is 7.72. The standard InChI is InChI=1S/C15H17N3O5S.ClH/c1-21-11-4-8(15(20)23-3)9(5-12(11)22-2)18-14(19)10-7-24-13(6-16)17-10;/h4-5,7H,6,16H2,1-3H3,(H,18,19);1H. The van der Waals surface area contributed by atoms with E-state index in [0.29, 0.717) is 16.5 Å². The number of thiazole rings is 1. The highest BCUT2D eigenvalue weighted by molar-refractivity contribution is 7.09. The Hall–Kier alpha value is -2.36. The minimum Gasteiger partial charge on any atom is -0.493 e. The molecule has 1 aromatic heterocycles. The molecule has 0 radical (unpaired) electrons. The van der Waals surface area contributed by atoms with E-state index in [9.17, 15) is 9.59 Å². The molecule has 0 spiro atoms. The number of hydrogen-bond acceptors (Lipinski definition) is 8. The molecule has 1 amide bonds. The second kappa shape index (κ2) is 9.21. The van der Waals surface area contributed by atoms with Gasteiger partial charge in [-0.25, -0.2) is 9.78 Å². The first-order valence-electron chi connectivity index (χ1n) is 6.84. The summed E-state index contributed by atoms with van der Waals surface area (Å²) in [5.74, 6) is -0.383. The predicted octanol–water partition coefficient (Wildman–Crippen LogP) is 2.08. The number of halogens is 1. The Kier molecular flexibility index (Phi) is 7.62. The molecular formula is C15H18ClN3O5S. The second-order valence-corrected chi connectivity index (χ2v) is 5.47. The normalized spacial score (nSPS) is 9.76. The molecule has 3 N–H and O–H groups in total. The van der Waals surface area contributed by atoms with Gasteiger partial charge in [0.2, 0.25) is 0 Å². The van der Waals surface area contributed by atoms with Gasteiger partial charge in [0.25, 0.3) is 5.91 Å². The van der Waals surface area contributed by atoms with Crippen LogP contribution in [0.15, 0.2) is 17.5 Å². The lowest BCUT2D eigenvalue weighted by Gasteiger charge is -2.14. The van der Waals surface area contributed by atoms with E-state index in [1.807, 2.05) is 0 Å². The Balaban J connectivity index is 0.00000312. The third-order valence-corrected chi connectivity index (χ3v) is 4.01. The van der Waals surface area contributed by atoms with E-state index < -0.39 is 11.9 Å². The molecule has 8 nitrogen and oxygen atoms in total. The average Bonchev–Trinajstić information content (AvgIpc) is 3.09. The number of nitrogens with zero attached hydrogens (tertiary/aromatic N) is 1. The van der Waals surface area contributed by atoms with Crippen molar-refractivity contribution in [1.82, 2.24) is 4.98 Å². The van der Waals surface area contributed by atoms with Crippen molar-refractivity contribution < 1.29 is 23.8 Å². The minimum absolute atomic E-state index is 0. The number of benzene rings is 1. The lowest BCUT2D eigenvalue weighted by atomic mass is 10.1. The summed E-state index contributed by atoms with van der Waals surface area (Å²) in [6.07, 6.45) is 0. The molecule has 25 heavy (non-hydrogen) atoms. The summed E-state index contributed by atoms with van der Waals surface area (Å²) in [4.78, 5) is 28.4. The van der Waals surface area contributed by atoms with Gasteiger partial charge in [0.15, 0.2) is 11.5 Å². The number of esters is 1. The van der Waals surface area contributed by atoms with E-state index in [-0.39, 0.29) is 35.9 Å². The molecular weight excluding hydrogens is 370 g/mol. The SMILES string of the molecule is COC(=O)c1cc(OC)c(OC)cc1NC(=O)c1csc(CN)n1.Cl. The van der Waals surface area contributed by atoms with Gasteiger partial charge in [0.1, 0.15) is 10.7 Å². The fourth-order valence-electron chi connectivity index (χ4n) is 1.96. The molecule has 0 saturated heterocycles. The molecule has 0 bridgehead atoms. The van der Waals surface area contributed by atoms with Crippen molar-refractivity contribution in [2.75, 3.05) is 26.6 Å². The first kappa shape index (κ1) is 20.7. The van der Waals surface area contributed by atoms with Gasteiger partial charge in [-0.05, 0) is 0 Å². The van der Waals surface area contributed by atoms with Crippen LogP contribution in [0.5, 0.6) is 11.5 Å². The van der Waals surface area contributed by atoms with Gasteiger partial charge in [0.05, 0.1) is 32.6 Å². The molecule has 2 rings (SSSR count). The molecule has 2 aromatic rings. The predicted molar refractivity (Wildman–Crippen MR) is 96.1 cm³/mol. The van der Waals surface area contributed by atoms with Gasteiger partial charge in [-0.3, -0.25) is 4.79 Å². The van der Waals surface area contributed by atoms with E-state index >= 15 is 0 Å². The van der Waals surface area contributed by atoms with Gasteiger partial charge < -0.3 is 25.3 Å². The average molecular weight is 388 g/mol. The maximum Gasteiger partial charge on any atom is 0.340 e. The molecule has 0 unspecified atom stereocenters. The van der Waals surface area contributed by atoms with Gasteiger partial charge >= 0.3 is 5.97 Å². The number of amides is 1. The molecule has 10 heteroatoms. The number of anilines is 1. The number of rotatable bonds is 6. The van der Waals surface area contributed by atoms with Crippen LogP contribution >= 0.6 is 23.7 Å². The van der Waals surface area contributed by atoms with Crippen molar-refractivity contribution in [2.45, 2.75) is 6.54 Å². The maximum absolute atomic E-state index is 12.3. The van der Waals surface area contributed by atoms with Gasteiger partial charge in [0, 0.05) is 24.1 Å². The highest BCUT2D eigenvalue weighted by Gasteiger charge is 2.20. The highest BCUT2D eigenvalue weighted by atomic mass is 35.5. The van der Waals surface area contributed by atoms with Crippen LogP contribution in [-0.4, -0.2) is 38.2 Å². The molecule has 1 heterocycles. The van der Waals surface area contributed by atoms with Crippen LogP contribution < -0.4 is 20.5 Å². The van der Waals surface area contributed by atoms with Crippen molar-refractivity contribution in [3.63, 3.8) is 0 Å². The maximum atomic E-state index is 12.3. The van der Waals surface area contributed by atoms with E-state index in [2.05, 4.69) is 10.3 Å². The molecule has 0 atom stereocenters. The summed E-state index contributed by atoms with van der Waals surface area (Å²) in [5.41, 5.74) is 6.07. The van der Waals surface area contributed by atoms with E-state index in [0.717, 1.165) is 0 Å². The number of methoxy groups -OCH3 is 3. The van der Waals surface area contributed by atoms with Crippen molar-refractivity contribution in [3.8, 4) is 11.5 Å². The van der Waals surface area contributed by atoms with Gasteiger partial charge in [-0.2, -0.15) is 0 Å². The molecule has 0 aliphatic rings. The fourth-order valence-corrected chi connectivity index (χ4v) is 2.61. The third-order valence-electron chi connectivity index (χ3n) is 3.14. The largest absolute Gasteiger partial charge is 0.493 e. The molecule has 0 aliphatic heterocycles. The summed E-state index contributed by atoms with van der Waals surface area (Å²) in [5, 5.41) is 4.87. The summed E-state index contributed by atoms with van der Waals surface area (Å²) in [6.45, 7) is 0.252. The van der Waals surface area contributed by atoms with Crippen LogP contribution in [0.4, 0.5) is 5.69 Å². The second-order valence-electron chi connectivity index (χ2n) is 4.53. The fraction of sp³-hybridized carbons (Fsp3) is 0.267. The van der Waals surface area contributed by atoms with Crippen molar-refractivity contribution in [1.29, 1.82) is 0 Å². The highest BCUT2D eigenvalue weighted by Crippen LogP contribution is 2.34. The number of nitrogens with one attached hydrogen (secondary N) is 1. The van der Waals surface area contributed by atoms with E-state index in [4.69, 9.17) is 19.9 Å². The Morgan fingerprint density at radius 3 is 2.36 bits per heavy atom. The van der Waals surface area contributed by atoms with Crippen LogP contribution in [0.25, 0.3) is 0 Å². The summed E-state index contributed by atoms with van der Waals surface area (Å²) in [7, 11) is 4.15. The zero-order chi connectivity index (χ0) is 17.7. The number of aromatic nitrogens is 1. The van der Waals surface area contributed by atoms with Crippen LogP contribution in [-0.2, 0) is 11.3 Å². The summed E-state index contributed by atoms with van der Waals surface area (Å²) in [6, 6.07) is 2.92. The summed E-state index contributed by atoms with van der Waals surface area (Å²) < 4.78 is 15.1. The van der Waals surface area contributed by atoms with Gasteiger partial charge in [-0.15, -0.1) is 23.7 Å². The number of hydrogen-bond donors (Lipinski definition) is 2. The number of carbonyl (C=O) groups excluding carboxylic acids is 2. The molecule has 136 valence electrons. The number of carbonyl (C=O) groups is 2. The molecule has 0 aliphatic carbocycles. The van der Waals surface area contributed by atoms with Crippen LogP contribution in [0.1, 0.15) is 25.9 Å². The quantitative estimate of drug-likeness (QED) is 0.729.